The fourth-order valence-electron chi connectivity index (χ4n) is 1.76. The molecule has 1 fully saturated rings. The maximum atomic E-state index is 4.61. The molecule has 1 aromatic rings. The normalized spacial score (nSPS) is 21.5. The molecule has 2 rings (SSSR count). The molecule has 1 aliphatic heterocycles. The summed E-state index contributed by atoms with van der Waals surface area (Å²) in [6.07, 6.45) is 6.11. The molecule has 5 heteroatoms. The molecular formula is C12H20N4S. The standard InChI is InChI=1S/C12H20N4S/c1-12(2)5-7-17-11(15-12)13-6-4-10-8-14-16(3)9-10/h8-9H,4-7H2,1-3H3,(H,13,15). The number of nitrogens with one attached hydrogen (secondary N) is 1. The number of thioether (sulfide) groups is 1. The molecule has 1 aliphatic rings. The molecule has 0 unspecified atom stereocenters. The van der Waals surface area contributed by atoms with Gasteiger partial charge in [0.05, 0.1) is 6.20 Å². The second kappa shape index (κ2) is 5.12. The summed E-state index contributed by atoms with van der Waals surface area (Å²) in [6.45, 7) is 5.28. The summed E-state index contributed by atoms with van der Waals surface area (Å²) in [4.78, 5) is 4.61. The van der Waals surface area contributed by atoms with Crippen LogP contribution >= 0.6 is 11.8 Å². The van der Waals surface area contributed by atoms with Crippen LogP contribution in [0.25, 0.3) is 0 Å². The van der Waals surface area contributed by atoms with Gasteiger partial charge in [0.25, 0.3) is 0 Å². The summed E-state index contributed by atoms with van der Waals surface area (Å²) < 4.78 is 1.83. The zero-order valence-electron chi connectivity index (χ0n) is 10.7. The van der Waals surface area contributed by atoms with Crippen molar-refractivity contribution in [3.8, 4) is 0 Å². The highest BCUT2D eigenvalue weighted by Crippen LogP contribution is 2.21. The van der Waals surface area contributed by atoms with Gasteiger partial charge in [0.2, 0.25) is 0 Å². The Labute approximate surface area is 107 Å². The Hall–Kier alpha value is -0.970. The van der Waals surface area contributed by atoms with E-state index < -0.39 is 0 Å². The minimum absolute atomic E-state index is 0.193. The highest BCUT2D eigenvalue weighted by Gasteiger charge is 2.23. The first-order valence-corrected chi connectivity index (χ1v) is 6.97. The van der Waals surface area contributed by atoms with Crippen molar-refractivity contribution in [1.82, 2.24) is 15.1 Å². The Morgan fingerprint density at radius 3 is 3.06 bits per heavy atom. The molecule has 0 aliphatic carbocycles. The van der Waals surface area contributed by atoms with Gasteiger partial charge in [-0.3, -0.25) is 9.67 Å². The third-order valence-corrected chi connectivity index (χ3v) is 3.74. The molecule has 0 aromatic carbocycles. The van der Waals surface area contributed by atoms with E-state index in [1.165, 1.54) is 12.0 Å². The van der Waals surface area contributed by atoms with E-state index >= 15 is 0 Å². The van der Waals surface area contributed by atoms with Crippen molar-refractivity contribution in [3.63, 3.8) is 0 Å². The highest BCUT2D eigenvalue weighted by atomic mass is 32.2. The van der Waals surface area contributed by atoms with Crippen LogP contribution in [0.5, 0.6) is 0 Å². The summed E-state index contributed by atoms with van der Waals surface area (Å²) >= 11 is 1.82. The average molecular weight is 252 g/mol. The van der Waals surface area contributed by atoms with Crippen molar-refractivity contribution in [2.75, 3.05) is 12.3 Å². The van der Waals surface area contributed by atoms with Crippen LogP contribution in [0, 0.1) is 0 Å². The lowest BCUT2D eigenvalue weighted by atomic mass is 10.0. The van der Waals surface area contributed by atoms with Gasteiger partial charge in [-0.15, -0.1) is 0 Å². The topological polar surface area (TPSA) is 42.2 Å². The smallest absolute Gasteiger partial charge is 0.156 e. The lowest BCUT2D eigenvalue weighted by Crippen LogP contribution is -2.46. The van der Waals surface area contributed by atoms with E-state index in [2.05, 4.69) is 29.3 Å². The van der Waals surface area contributed by atoms with Crippen molar-refractivity contribution in [1.29, 1.82) is 0 Å². The van der Waals surface area contributed by atoms with Gasteiger partial charge >= 0.3 is 0 Å². The molecule has 94 valence electrons. The third-order valence-electron chi connectivity index (χ3n) is 2.83. The molecule has 0 spiro atoms. The zero-order chi connectivity index (χ0) is 12.3. The lowest BCUT2D eigenvalue weighted by molar-refractivity contribution is 0.446. The molecule has 4 nitrogen and oxygen atoms in total. The van der Waals surface area contributed by atoms with E-state index in [-0.39, 0.29) is 5.54 Å². The van der Waals surface area contributed by atoms with E-state index in [4.69, 9.17) is 0 Å². The van der Waals surface area contributed by atoms with Crippen molar-refractivity contribution in [2.45, 2.75) is 32.2 Å². The quantitative estimate of drug-likeness (QED) is 0.892. The van der Waals surface area contributed by atoms with E-state index in [1.54, 1.807) is 0 Å². The molecule has 0 atom stereocenters. The molecule has 1 N–H and O–H groups in total. The SMILES string of the molecule is Cn1cc(CCN=C2NC(C)(C)CCS2)cn1. The van der Waals surface area contributed by atoms with E-state index in [9.17, 15) is 0 Å². The predicted molar refractivity (Wildman–Crippen MR) is 73.5 cm³/mol. The Kier molecular flexibility index (Phi) is 3.76. The number of hydrogen-bond acceptors (Lipinski definition) is 3. The maximum absolute atomic E-state index is 4.61. The van der Waals surface area contributed by atoms with Gasteiger partial charge in [0, 0.05) is 31.1 Å². The molecule has 0 saturated carbocycles. The van der Waals surface area contributed by atoms with Crippen LogP contribution in [0.4, 0.5) is 0 Å². The largest absolute Gasteiger partial charge is 0.360 e. The number of aromatic nitrogens is 2. The second-order valence-electron chi connectivity index (χ2n) is 5.07. The Morgan fingerprint density at radius 1 is 1.59 bits per heavy atom. The third kappa shape index (κ3) is 3.77. The van der Waals surface area contributed by atoms with Gasteiger partial charge in [-0.25, -0.2) is 0 Å². The molecule has 1 aromatic heterocycles. The summed E-state index contributed by atoms with van der Waals surface area (Å²) in [5.74, 6) is 1.16. The van der Waals surface area contributed by atoms with Crippen LogP contribution < -0.4 is 5.32 Å². The van der Waals surface area contributed by atoms with E-state index in [0.29, 0.717) is 0 Å². The first kappa shape index (κ1) is 12.5. The van der Waals surface area contributed by atoms with Crippen LogP contribution in [0.2, 0.25) is 0 Å². The molecule has 0 amide bonds. The van der Waals surface area contributed by atoms with Crippen molar-refractivity contribution >= 4 is 16.9 Å². The monoisotopic (exact) mass is 252 g/mol. The second-order valence-corrected chi connectivity index (χ2v) is 6.15. The number of aryl methyl sites for hydroxylation is 1. The van der Waals surface area contributed by atoms with Crippen LogP contribution in [-0.4, -0.2) is 32.8 Å². The van der Waals surface area contributed by atoms with Crippen LogP contribution in [0.15, 0.2) is 17.4 Å². The minimum Gasteiger partial charge on any atom is -0.360 e. The van der Waals surface area contributed by atoms with Crippen molar-refractivity contribution in [2.24, 2.45) is 12.0 Å². The average Bonchev–Trinajstić information content (AvgIpc) is 2.63. The van der Waals surface area contributed by atoms with Gasteiger partial charge in [-0.1, -0.05) is 11.8 Å². The summed E-state index contributed by atoms with van der Waals surface area (Å²) in [7, 11) is 1.94. The van der Waals surface area contributed by atoms with Gasteiger partial charge in [0.15, 0.2) is 5.17 Å². The Balaban J connectivity index is 1.84. The molecular weight excluding hydrogens is 232 g/mol. The van der Waals surface area contributed by atoms with Gasteiger partial charge in [-0.05, 0) is 32.3 Å². The summed E-state index contributed by atoms with van der Waals surface area (Å²) in [5, 5.41) is 8.72. The number of hydrogen-bond donors (Lipinski definition) is 1. The maximum Gasteiger partial charge on any atom is 0.156 e. The van der Waals surface area contributed by atoms with Gasteiger partial charge < -0.3 is 5.32 Å². The van der Waals surface area contributed by atoms with Gasteiger partial charge in [-0.2, -0.15) is 5.10 Å². The fourth-order valence-corrected chi connectivity index (χ4v) is 3.10. The minimum atomic E-state index is 0.193. The first-order valence-electron chi connectivity index (χ1n) is 5.98. The Bertz CT molecular complexity index is 408. The van der Waals surface area contributed by atoms with Crippen molar-refractivity contribution < 1.29 is 0 Å². The number of nitrogens with zero attached hydrogens (tertiary/aromatic N) is 3. The van der Waals surface area contributed by atoms with Crippen LogP contribution in [0.1, 0.15) is 25.8 Å². The van der Waals surface area contributed by atoms with Crippen LogP contribution in [0.3, 0.4) is 0 Å². The predicted octanol–water partition coefficient (Wildman–Crippen LogP) is 1.82. The first-order chi connectivity index (χ1) is 8.05. The molecule has 0 bridgehead atoms. The Morgan fingerprint density at radius 2 is 2.41 bits per heavy atom. The highest BCUT2D eigenvalue weighted by molar-refractivity contribution is 8.13. The molecule has 17 heavy (non-hydrogen) atoms. The summed E-state index contributed by atoms with van der Waals surface area (Å²) in [5.41, 5.74) is 1.44. The number of amidine groups is 1. The number of rotatable bonds is 3. The lowest BCUT2D eigenvalue weighted by Gasteiger charge is -2.32. The molecule has 1 saturated heterocycles. The molecule has 0 radical (unpaired) electrons. The molecule has 2 heterocycles. The fraction of sp³-hybridized carbons (Fsp3) is 0.667. The number of aliphatic imine (C=N–C) groups is 1. The van der Waals surface area contributed by atoms with Gasteiger partial charge in [0.1, 0.15) is 0 Å². The van der Waals surface area contributed by atoms with Crippen molar-refractivity contribution in [3.05, 3.63) is 18.0 Å². The van der Waals surface area contributed by atoms with E-state index in [0.717, 1.165) is 23.9 Å². The summed E-state index contributed by atoms with van der Waals surface area (Å²) in [6, 6.07) is 0. The zero-order valence-corrected chi connectivity index (χ0v) is 11.5. The van der Waals surface area contributed by atoms with Crippen LogP contribution in [-0.2, 0) is 13.5 Å². The van der Waals surface area contributed by atoms with E-state index in [1.807, 2.05) is 35.9 Å².